The van der Waals surface area contributed by atoms with Crippen LogP contribution in [0.5, 0.6) is 0 Å². The number of carbonyl (C=O) groups is 2. The molecule has 0 aliphatic rings. The Morgan fingerprint density at radius 3 is 2.30 bits per heavy atom. The van der Waals surface area contributed by atoms with E-state index in [4.69, 9.17) is 0 Å². The van der Waals surface area contributed by atoms with Crippen molar-refractivity contribution in [2.75, 3.05) is 33.0 Å². The first-order chi connectivity index (χ1) is 9.32. The number of benzene rings is 1. The minimum atomic E-state index is -0.163. The number of amides is 2. The highest BCUT2D eigenvalue weighted by molar-refractivity contribution is 6.01. The molecule has 0 aromatic heterocycles. The molecule has 0 saturated carbocycles. The molecule has 2 amide bonds. The van der Waals surface area contributed by atoms with Gasteiger partial charge in [0.15, 0.2) is 0 Å². The Hall–Kier alpha value is -2.04. The minimum Gasteiger partial charge on any atom is -0.382 e. The van der Waals surface area contributed by atoms with Gasteiger partial charge in [-0.1, -0.05) is 12.1 Å². The van der Waals surface area contributed by atoms with E-state index in [0.717, 1.165) is 5.69 Å². The van der Waals surface area contributed by atoms with Crippen LogP contribution in [0.4, 0.5) is 5.69 Å². The first-order valence-electron chi connectivity index (χ1n) is 6.64. The molecule has 0 spiro atoms. The Kier molecular flexibility index (Phi) is 5.55. The molecule has 0 fully saturated rings. The van der Waals surface area contributed by atoms with Gasteiger partial charge in [0.2, 0.25) is 5.91 Å². The molecule has 1 aromatic rings. The van der Waals surface area contributed by atoms with Crippen molar-refractivity contribution in [2.45, 2.75) is 19.9 Å². The smallest absolute Gasteiger partial charge is 0.256 e. The van der Waals surface area contributed by atoms with Gasteiger partial charge in [-0.15, -0.1) is 0 Å². The highest BCUT2D eigenvalue weighted by atomic mass is 16.2. The van der Waals surface area contributed by atoms with Crippen LogP contribution in [0.15, 0.2) is 24.3 Å². The molecule has 5 nitrogen and oxygen atoms in total. The van der Waals surface area contributed by atoms with Gasteiger partial charge in [0.05, 0.1) is 12.1 Å². The number of para-hydroxylation sites is 1. The van der Waals surface area contributed by atoms with Crippen LogP contribution in [-0.2, 0) is 4.79 Å². The molecule has 0 heterocycles. The second kappa shape index (κ2) is 6.93. The van der Waals surface area contributed by atoms with Crippen LogP contribution in [0.1, 0.15) is 24.2 Å². The van der Waals surface area contributed by atoms with Crippen molar-refractivity contribution in [2.24, 2.45) is 0 Å². The number of nitrogens with one attached hydrogen (secondary N) is 1. The van der Waals surface area contributed by atoms with Gasteiger partial charge >= 0.3 is 0 Å². The SMILES string of the molecule is CC(C)Nc1ccccc1C(=O)N(C)CC(=O)N(C)C. The number of carbonyl (C=O) groups excluding carboxylic acids is 2. The largest absolute Gasteiger partial charge is 0.382 e. The molecular formula is C15H23N3O2. The van der Waals surface area contributed by atoms with Gasteiger partial charge in [0.1, 0.15) is 0 Å². The molecule has 20 heavy (non-hydrogen) atoms. The third kappa shape index (κ3) is 4.26. The summed E-state index contributed by atoms with van der Waals surface area (Å²) in [5, 5.41) is 3.24. The zero-order chi connectivity index (χ0) is 15.3. The fraction of sp³-hybridized carbons (Fsp3) is 0.467. The zero-order valence-electron chi connectivity index (χ0n) is 12.8. The van der Waals surface area contributed by atoms with E-state index in [-0.39, 0.29) is 24.4 Å². The van der Waals surface area contributed by atoms with Crippen LogP contribution in [-0.4, -0.2) is 55.3 Å². The molecule has 0 aliphatic heterocycles. The third-order valence-electron chi connectivity index (χ3n) is 2.82. The van der Waals surface area contributed by atoms with Gasteiger partial charge in [-0.3, -0.25) is 9.59 Å². The lowest BCUT2D eigenvalue weighted by atomic mass is 10.1. The lowest BCUT2D eigenvalue weighted by Crippen LogP contribution is -2.38. The van der Waals surface area contributed by atoms with Crippen LogP contribution in [0.25, 0.3) is 0 Å². The number of likely N-dealkylation sites (N-methyl/N-ethyl adjacent to an activating group) is 2. The fourth-order valence-corrected chi connectivity index (χ4v) is 1.73. The number of hydrogen-bond acceptors (Lipinski definition) is 3. The average molecular weight is 277 g/mol. The van der Waals surface area contributed by atoms with Crippen molar-refractivity contribution < 1.29 is 9.59 Å². The van der Waals surface area contributed by atoms with E-state index in [0.29, 0.717) is 5.56 Å². The van der Waals surface area contributed by atoms with E-state index in [1.54, 1.807) is 27.2 Å². The number of rotatable bonds is 5. The van der Waals surface area contributed by atoms with Gasteiger partial charge in [-0.2, -0.15) is 0 Å². The van der Waals surface area contributed by atoms with Gasteiger partial charge in [0.25, 0.3) is 5.91 Å². The quantitative estimate of drug-likeness (QED) is 0.890. The standard InChI is InChI=1S/C15H23N3O2/c1-11(2)16-13-9-7-6-8-12(13)15(20)18(5)10-14(19)17(3)4/h6-9,11,16H,10H2,1-5H3. The topological polar surface area (TPSA) is 52.7 Å². The average Bonchev–Trinajstić information content (AvgIpc) is 2.37. The number of anilines is 1. The monoisotopic (exact) mass is 277 g/mol. The highest BCUT2D eigenvalue weighted by Gasteiger charge is 2.18. The second-order valence-corrected chi connectivity index (χ2v) is 5.29. The van der Waals surface area contributed by atoms with E-state index in [1.165, 1.54) is 9.80 Å². The molecule has 0 atom stereocenters. The molecular weight excluding hydrogens is 254 g/mol. The third-order valence-corrected chi connectivity index (χ3v) is 2.82. The maximum absolute atomic E-state index is 12.4. The Balaban J connectivity index is 2.88. The molecule has 0 radical (unpaired) electrons. The maximum atomic E-state index is 12.4. The maximum Gasteiger partial charge on any atom is 0.256 e. The van der Waals surface area contributed by atoms with E-state index >= 15 is 0 Å². The Morgan fingerprint density at radius 2 is 1.75 bits per heavy atom. The molecule has 1 aromatic carbocycles. The lowest BCUT2D eigenvalue weighted by molar-refractivity contribution is -0.129. The van der Waals surface area contributed by atoms with Crippen molar-refractivity contribution in [1.29, 1.82) is 0 Å². The lowest BCUT2D eigenvalue weighted by Gasteiger charge is -2.21. The fourth-order valence-electron chi connectivity index (χ4n) is 1.73. The number of hydrogen-bond donors (Lipinski definition) is 1. The van der Waals surface area contributed by atoms with Crippen molar-refractivity contribution in [1.82, 2.24) is 9.80 Å². The summed E-state index contributed by atoms with van der Waals surface area (Å²) in [4.78, 5) is 27.0. The van der Waals surface area contributed by atoms with Crippen molar-refractivity contribution in [3.8, 4) is 0 Å². The molecule has 1 N–H and O–H groups in total. The summed E-state index contributed by atoms with van der Waals surface area (Å²) in [6, 6.07) is 7.57. The predicted octanol–water partition coefficient (Wildman–Crippen LogP) is 1.67. The molecule has 0 unspecified atom stereocenters. The van der Waals surface area contributed by atoms with Crippen LogP contribution in [0.2, 0.25) is 0 Å². The van der Waals surface area contributed by atoms with E-state index < -0.39 is 0 Å². The number of nitrogens with zero attached hydrogens (tertiary/aromatic N) is 2. The first kappa shape index (κ1) is 16.0. The normalized spacial score (nSPS) is 10.3. The summed E-state index contributed by atoms with van der Waals surface area (Å²) >= 11 is 0. The van der Waals surface area contributed by atoms with Gasteiger partial charge in [0, 0.05) is 32.9 Å². The predicted molar refractivity (Wildman–Crippen MR) is 80.9 cm³/mol. The Labute approximate surface area is 120 Å². The first-order valence-corrected chi connectivity index (χ1v) is 6.64. The highest BCUT2D eigenvalue weighted by Crippen LogP contribution is 2.17. The minimum absolute atomic E-state index is 0.0713. The van der Waals surface area contributed by atoms with Crippen LogP contribution in [0.3, 0.4) is 0 Å². The van der Waals surface area contributed by atoms with Crippen molar-refractivity contribution >= 4 is 17.5 Å². The van der Waals surface area contributed by atoms with Crippen molar-refractivity contribution in [3.05, 3.63) is 29.8 Å². The van der Waals surface area contributed by atoms with Crippen LogP contribution < -0.4 is 5.32 Å². The molecule has 0 saturated heterocycles. The summed E-state index contributed by atoms with van der Waals surface area (Å²) in [6.07, 6.45) is 0. The van der Waals surface area contributed by atoms with Gasteiger partial charge < -0.3 is 15.1 Å². The van der Waals surface area contributed by atoms with Gasteiger partial charge in [-0.25, -0.2) is 0 Å². The van der Waals surface area contributed by atoms with Crippen LogP contribution >= 0.6 is 0 Å². The van der Waals surface area contributed by atoms with Crippen molar-refractivity contribution in [3.63, 3.8) is 0 Å². The molecule has 0 aliphatic carbocycles. The van der Waals surface area contributed by atoms with E-state index in [9.17, 15) is 9.59 Å². The second-order valence-electron chi connectivity index (χ2n) is 5.29. The van der Waals surface area contributed by atoms with E-state index in [1.807, 2.05) is 32.0 Å². The zero-order valence-corrected chi connectivity index (χ0v) is 12.8. The summed E-state index contributed by atoms with van der Waals surface area (Å²) < 4.78 is 0. The summed E-state index contributed by atoms with van der Waals surface area (Å²) in [5.74, 6) is -0.265. The van der Waals surface area contributed by atoms with Gasteiger partial charge in [-0.05, 0) is 26.0 Å². The molecule has 110 valence electrons. The Morgan fingerprint density at radius 1 is 1.15 bits per heavy atom. The Bertz CT molecular complexity index is 484. The van der Waals surface area contributed by atoms with E-state index in [2.05, 4.69) is 5.32 Å². The molecule has 0 bridgehead atoms. The summed E-state index contributed by atoms with van der Waals surface area (Å²) in [5.41, 5.74) is 1.37. The molecule has 1 rings (SSSR count). The van der Waals surface area contributed by atoms with Crippen LogP contribution in [0, 0.1) is 0 Å². The molecule has 5 heteroatoms. The summed E-state index contributed by atoms with van der Waals surface area (Å²) in [6.45, 7) is 4.10. The summed E-state index contributed by atoms with van der Waals surface area (Å²) in [7, 11) is 4.99.